The van der Waals surface area contributed by atoms with E-state index in [-0.39, 0.29) is 12.1 Å². The van der Waals surface area contributed by atoms with Crippen LogP contribution in [-0.2, 0) is 14.3 Å². The topological polar surface area (TPSA) is 83.8 Å². The number of carboxylic acid groups (broad SMARTS) is 1. The Morgan fingerprint density at radius 1 is 0.488 bits per heavy atom. The molecule has 0 radical (unpaired) electrons. The van der Waals surface area contributed by atoms with E-state index in [1.165, 1.54) is 103 Å². The number of carbonyl (C=O) groups is 2. The van der Waals surface area contributed by atoms with E-state index in [4.69, 9.17) is 4.74 Å². The molecule has 0 saturated heterocycles. The van der Waals surface area contributed by atoms with Crippen LogP contribution in [-0.4, -0.2) is 34.4 Å². The van der Waals surface area contributed by atoms with Crippen LogP contribution in [0.1, 0.15) is 206 Å². The second kappa shape index (κ2) is 31.8. The van der Waals surface area contributed by atoms with Crippen molar-refractivity contribution in [3.05, 3.63) is 0 Å². The summed E-state index contributed by atoms with van der Waals surface area (Å²) in [5.74, 6) is -1.39. The molecule has 2 unspecified atom stereocenters. The van der Waals surface area contributed by atoms with Crippen LogP contribution in [0.3, 0.4) is 0 Å². The number of unbranched alkanes of at least 4 members (excludes halogenated alkanes) is 23. The van der Waals surface area contributed by atoms with Crippen molar-refractivity contribution in [2.45, 2.75) is 219 Å². The van der Waals surface area contributed by atoms with Gasteiger partial charge in [0, 0.05) is 6.42 Å². The van der Waals surface area contributed by atoms with Gasteiger partial charge in [0.15, 0.2) is 6.10 Å². The molecule has 0 heterocycles. The lowest BCUT2D eigenvalue weighted by atomic mass is 10.0. The number of rotatable bonds is 33. The van der Waals surface area contributed by atoms with Crippen molar-refractivity contribution in [2.24, 2.45) is 0 Å². The number of ether oxygens (including phenoxy) is 1. The zero-order valence-electron chi connectivity index (χ0n) is 27.5. The molecule has 2 atom stereocenters. The maximum absolute atomic E-state index is 12.2. The first-order valence-electron chi connectivity index (χ1n) is 18.1. The molecule has 0 spiro atoms. The molecule has 0 amide bonds. The van der Waals surface area contributed by atoms with E-state index >= 15 is 0 Å². The Hall–Kier alpha value is -1.10. The highest BCUT2D eigenvalue weighted by atomic mass is 16.6. The van der Waals surface area contributed by atoms with Crippen molar-refractivity contribution in [3.8, 4) is 0 Å². The first-order chi connectivity index (χ1) is 20.0. The quantitative estimate of drug-likeness (QED) is 0.0594. The first-order valence-corrected chi connectivity index (χ1v) is 18.1. The molecule has 2 N–H and O–H groups in total. The summed E-state index contributed by atoms with van der Waals surface area (Å²) in [4.78, 5) is 23.7. The summed E-state index contributed by atoms with van der Waals surface area (Å²) in [6, 6.07) is 0. The van der Waals surface area contributed by atoms with E-state index in [9.17, 15) is 19.8 Å². The predicted octanol–water partition coefficient (Wildman–Crippen LogP) is 11.1. The van der Waals surface area contributed by atoms with Gasteiger partial charge in [0.1, 0.15) is 0 Å². The lowest BCUT2D eigenvalue weighted by molar-refractivity contribution is -0.164. The van der Waals surface area contributed by atoms with E-state index in [0.29, 0.717) is 12.8 Å². The number of carbonyl (C=O) groups excluding carboxylic acids is 1. The molecule has 5 nitrogen and oxygen atoms in total. The van der Waals surface area contributed by atoms with Gasteiger partial charge in [-0.3, -0.25) is 4.79 Å². The molecule has 244 valence electrons. The maximum atomic E-state index is 12.2. The minimum absolute atomic E-state index is 0.137. The summed E-state index contributed by atoms with van der Waals surface area (Å²) in [5, 5.41) is 19.5. The van der Waals surface area contributed by atoms with Gasteiger partial charge in [0.2, 0.25) is 0 Å². The molecule has 0 aromatic heterocycles. The van der Waals surface area contributed by atoms with Gasteiger partial charge in [-0.05, 0) is 32.1 Å². The first kappa shape index (κ1) is 39.9. The van der Waals surface area contributed by atoms with Gasteiger partial charge >= 0.3 is 11.9 Å². The smallest absolute Gasteiger partial charge is 0.345 e. The lowest BCUT2D eigenvalue weighted by Crippen LogP contribution is -2.27. The third-order valence-corrected chi connectivity index (χ3v) is 8.43. The summed E-state index contributed by atoms with van der Waals surface area (Å²) in [5.41, 5.74) is 0. The molecule has 0 aromatic rings. The Balaban J connectivity index is 3.58. The zero-order valence-corrected chi connectivity index (χ0v) is 27.5. The number of esters is 1. The lowest BCUT2D eigenvalue weighted by Gasteiger charge is -2.14. The Morgan fingerprint density at radius 3 is 1.20 bits per heavy atom. The minimum atomic E-state index is -1.02. The second-order valence-electron chi connectivity index (χ2n) is 12.6. The number of aliphatic hydroxyl groups is 1. The Bertz CT molecular complexity index is 564. The fourth-order valence-corrected chi connectivity index (χ4v) is 5.64. The fourth-order valence-electron chi connectivity index (χ4n) is 5.64. The van der Waals surface area contributed by atoms with Crippen molar-refractivity contribution in [1.29, 1.82) is 0 Å². The van der Waals surface area contributed by atoms with Gasteiger partial charge in [-0.1, -0.05) is 168 Å². The van der Waals surface area contributed by atoms with Crippen LogP contribution in [0.15, 0.2) is 0 Å². The molecule has 0 aliphatic heterocycles. The average molecular weight is 583 g/mol. The maximum Gasteiger partial charge on any atom is 0.345 e. The van der Waals surface area contributed by atoms with Crippen LogP contribution in [0.4, 0.5) is 0 Å². The van der Waals surface area contributed by atoms with Crippen LogP contribution >= 0.6 is 0 Å². The average Bonchev–Trinajstić information content (AvgIpc) is 2.95. The normalized spacial score (nSPS) is 12.9. The zero-order chi connectivity index (χ0) is 30.2. The van der Waals surface area contributed by atoms with E-state index in [1.807, 2.05) is 0 Å². The van der Waals surface area contributed by atoms with E-state index in [1.54, 1.807) is 0 Å². The summed E-state index contributed by atoms with van der Waals surface area (Å²) in [7, 11) is 0. The molecule has 5 heteroatoms. The van der Waals surface area contributed by atoms with Gasteiger partial charge in [-0.15, -0.1) is 0 Å². The van der Waals surface area contributed by atoms with Gasteiger partial charge in [-0.2, -0.15) is 0 Å². The van der Waals surface area contributed by atoms with Crippen LogP contribution in [0.2, 0.25) is 0 Å². The number of aliphatic carboxylic acids is 1. The number of hydrogen-bond donors (Lipinski definition) is 2. The highest BCUT2D eigenvalue weighted by Crippen LogP contribution is 2.17. The van der Waals surface area contributed by atoms with Crippen LogP contribution in [0.25, 0.3) is 0 Å². The van der Waals surface area contributed by atoms with E-state index in [2.05, 4.69) is 13.8 Å². The molecule has 0 rings (SSSR count). The van der Waals surface area contributed by atoms with Gasteiger partial charge in [-0.25, -0.2) is 4.79 Å². The van der Waals surface area contributed by atoms with Crippen LogP contribution < -0.4 is 0 Å². The van der Waals surface area contributed by atoms with Crippen molar-refractivity contribution < 1.29 is 24.5 Å². The molecule has 0 bridgehead atoms. The minimum Gasteiger partial charge on any atom is -0.479 e. The standard InChI is InChI=1S/C36H70O5/c1-3-5-7-9-10-11-12-13-14-15-16-17-21-24-28-32-35(38)41-34(36(39)40)31-27-23-20-18-19-22-26-30-33(37)29-25-8-6-4-2/h33-34,37H,3-32H2,1-2H3,(H,39,40). The van der Waals surface area contributed by atoms with Gasteiger partial charge in [0.25, 0.3) is 0 Å². The molecule has 0 saturated carbocycles. The van der Waals surface area contributed by atoms with E-state index in [0.717, 1.165) is 77.0 Å². The molecule has 41 heavy (non-hydrogen) atoms. The Kier molecular flexibility index (Phi) is 31.0. The van der Waals surface area contributed by atoms with Crippen LogP contribution in [0, 0.1) is 0 Å². The van der Waals surface area contributed by atoms with Crippen LogP contribution in [0.5, 0.6) is 0 Å². The second-order valence-corrected chi connectivity index (χ2v) is 12.6. The molecule has 0 fully saturated rings. The van der Waals surface area contributed by atoms with Crippen molar-refractivity contribution in [2.75, 3.05) is 0 Å². The summed E-state index contributed by atoms with van der Waals surface area (Å²) < 4.78 is 5.29. The molecular formula is C36H70O5. The third kappa shape index (κ3) is 30.2. The highest BCUT2D eigenvalue weighted by Gasteiger charge is 2.21. The summed E-state index contributed by atoms with van der Waals surface area (Å²) >= 11 is 0. The Morgan fingerprint density at radius 2 is 0.805 bits per heavy atom. The van der Waals surface area contributed by atoms with Crippen molar-refractivity contribution in [3.63, 3.8) is 0 Å². The summed E-state index contributed by atoms with van der Waals surface area (Å²) in [6.07, 6.45) is 32.9. The van der Waals surface area contributed by atoms with E-state index < -0.39 is 12.1 Å². The van der Waals surface area contributed by atoms with Crippen molar-refractivity contribution >= 4 is 11.9 Å². The molecule has 0 aromatic carbocycles. The monoisotopic (exact) mass is 583 g/mol. The SMILES string of the molecule is CCCCCCCCCCCCCCCCCC(=O)OC(CCCCCCCCCC(O)CCCCCC)C(=O)O. The van der Waals surface area contributed by atoms with Gasteiger partial charge in [0.05, 0.1) is 6.10 Å². The van der Waals surface area contributed by atoms with Gasteiger partial charge < -0.3 is 14.9 Å². The molecule has 0 aliphatic rings. The predicted molar refractivity (Wildman–Crippen MR) is 173 cm³/mol. The highest BCUT2D eigenvalue weighted by molar-refractivity contribution is 5.77. The number of carboxylic acids is 1. The molecule has 0 aliphatic carbocycles. The largest absolute Gasteiger partial charge is 0.479 e. The van der Waals surface area contributed by atoms with Crippen molar-refractivity contribution in [1.82, 2.24) is 0 Å². The number of aliphatic hydroxyl groups excluding tert-OH is 1. The summed E-state index contributed by atoms with van der Waals surface area (Å²) in [6.45, 7) is 4.47. The molecular weight excluding hydrogens is 512 g/mol. The number of hydrogen-bond acceptors (Lipinski definition) is 4. The fraction of sp³-hybridized carbons (Fsp3) is 0.944. The Labute approximate surface area is 255 Å². The third-order valence-electron chi connectivity index (χ3n) is 8.43.